The fourth-order valence-corrected chi connectivity index (χ4v) is 3.47. The van der Waals surface area contributed by atoms with E-state index in [0.717, 1.165) is 41.6 Å². The lowest BCUT2D eigenvalue weighted by atomic mass is 10.1. The third-order valence-corrected chi connectivity index (χ3v) is 4.97. The minimum absolute atomic E-state index is 0.578. The van der Waals surface area contributed by atoms with E-state index in [2.05, 4.69) is 14.9 Å². The van der Waals surface area contributed by atoms with Crippen molar-refractivity contribution in [3.63, 3.8) is 0 Å². The van der Waals surface area contributed by atoms with Gasteiger partial charge in [0, 0.05) is 24.9 Å². The summed E-state index contributed by atoms with van der Waals surface area (Å²) in [5.74, 6) is 1.51. The van der Waals surface area contributed by atoms with Crippen LogP contribution in [0.15, 0.2) is 41.7 Å². The first kappa shape index (κ1) is 17.1. The number of rotatable bonds is 4. The third kappa shape index (κ3) is 4.41. The average molecular weight is 353 g/mol. The molecule has 7 heteroatoms. The van der Waals surface area contributed by atoms with Crippen molar-refractivity contribution in [1.29, 1.82) is 0 Å². The zero-order valence-electron chi connectivity index (χ0n) is 13.1. The van der Waals surface area contributed by atoms with E-state index in [9.17, 15) is 13.2 Å². The molecule has 1 aromatic carbocycles. The second-order valence-corrected chi connectivity index (χ2v) is 6.74. The minimum atomic E-state index is -4.29. The SMILES string of the molecule is FC(F)(F)c1ccc(CSc2cc(N3CCCCC3)ncn2)cc1. The van der Waals surface area contributed by atoms with Gasteiger partial charge in [-0.2, -0.15) is 13.2 Å². The molecule has 24 heavy (non-hydrogen) atoms. The van der Waals surface area contributed by atoms with Crippen molar-refractivity contribution in [2.75, 3.05) is 18.0 Å². The molecule has 0 aliphatic carbocycles. The number of hydrogen-bond donors (Lipinski definition) is 0. The number of halogens is 3. The number of hydrogen-bond acceptors (Lipinski definition) is 4. The van der Waals surface area contributed by atoms with Crippen molar-refractivity contribution < 1.29 is 13.2 Å². The van der Waals surface area contributed by atoms with E-state index in [1.165, 1.54) is 43.2 Å². The van der Waals surface area contributed by atoms with Gasteiger partial charge in [0.1, 0.15) is 17.2 Å². The molecule has 1 fully saturated rings. The molecule has 0 saturated carbocycles. The van der Waals surface area contributed by atoms with Gasteiger partial charge in [-0.15, -0.1) is 11.8 Å². The molecule has 0 radical (unpaired) electrons. The Morgan fingerprint density at radius 1 is 1.00 bits per heavy atom. The first-order valence-corrected chi connectivity index (χ1v) is 8.87. The summed E-state index contributed by atoms with van der Waals surface area (Å²) in [7, 11) is 0. The molecule has 2 heterocycles. The van der Waals surface area contributed by atoms with Gasteiger partial charge in [-0.1, -0.05) is 12.1 Å². The van der Waals surface area contributed by atoms with Crippen molar-refractivity contribution in [3.05, 3.63) is 47.8 Å². The van der Waals surface area contributed by atoms with Crippen molar-refractivity contribution in [3.8, 4) is 0 Å². The summed E-state index contributed by atoms with van der Waals surface area (Å²) in [6.45, 7) is 2.03. The Kier molecular flexibility index (Phi) is 5.28. The minimum Gasteiger partial charge on any atom is -0.356 e. The van der Waals surface area contributed by atoms with Crippen molar-refractivity contribution in [2.24, 2.45) is 0 Å². The lowest BCUT2D eigenvalue weighted by molar-refractivity contribution is -0.137. The Balaban J connectivity index is 1.62. The number of aromatic nitrogens is 2. The fourth-order valence-electron chi connectivity index (χ4n) is 2.65. The lowest BCUT2D eigenvalue weighted by Crippen LogP contribution is -2.30. The van der Waals surface area contributed by atoms with E-state index in [4.69, 9.17) is 0 Å². The van der Waals surface area contributed by atoms with E-state index in [-0.39, 0.29) is 0 Å². The normalized spacial score (nSPS) is 15.5. The molecule has 0 unspecified atom stereocenters. The molecule has 1 aromatic heterocycles. The van der Waals surface area contributed by atoms with Crippen LogP contribution in [0.25, 0.3) is 0 Å². The summed E-state index contributed by atoms with van der Waals surface area (Å²) in [6.07, 6.45) is 0.883. The van der Waals surface area contributed by atoms with Crippen LogP contribution in [0.1, 0.15) is 30.4 Å². The highest BCUT2D eigenvalue weighted by molar-refractivity contribution is 7.98. The van der Waals surface area contributed by atoms with Gasteiger partial charge in [-0.25, -0.2) is 9.97 Å². The Bertz CT molecular complexity index is 668. The summed E-state index contributed by atoms with van der Waals surface area (Å²) in [5, 5.41) is 0.838. The fraction of sp³-hybridized carbons (Fsp3) is 0.412. The quantitative estimate of drug-likeness (QED) is 0.584. The van der Waals surface area contributed by atoms with Crippen LogP contribution in [-0.2, 0) is 11.9 Å². The maximum absolute atomic E-state index is 12.6. The van der Waals surface area contributed by atoms with Gasteiger partial charge in [-0.05, 0) is 37.0 Å². The van der Waals surface area contributed by atoms with E-state index in [1.807, 2.05) is 6.07 Å². The molecule has 1 saturated heterocycles. The molecule has 0 spiro atoms. The summed E-state index contributed by atoms with van der Waals surface area (Å²) in [4.78, 5) is 10.8. The van der Waals surface area contributed by atoms with Crippen LogP contribution in [0.4, 0.5) is 19.0 Å². The number of piperidine rings is 1. The highest BCUT2D eigenvalue weighted by Gasteiger charge is 2.29. The van der Waals surface area contributed by atoms with Crippen LogP contribution in [0.5, 0.6) is 0 Å². The first-order chi connectivity index (χ1) is 11.5. The van der Waals surface area contributed by atoms with Gasteiger partial charge in [0.25, 0.3) is 0 Å². The molecule has 3 nitrogen and oxygen atoms in total. The van der Waals surface area contributed by atoms with Gasteiger partial charge in [0.05, 0.1) is 5.56 Å². The number of anilines is 1. The highest BCUT2D eigenvalue weighted by Crippen LogP contribution is 2.30. The molecule has 3 rings (SSSR count). The van der Waals surface area contributed by atoms with Crippen LogP contribution >= 0.6 is 11.8 Å². The molecular formula is C17H18F3N3S. The highest BCUT2D eigenvalue weighted by atomic mass is 32.2. The van der Waals surface area contributed by atoms with Gasteiger partial charge < -0.3 is 4.90 Å². The van der Waals surface area contributed by atoms with Crippen LogP contribution in [-0.4, -0.2) is 23.1 Å². The lowest BCUT2D eigenvalue weighted by Gasteiger charge is -2.27. The summed E-state index contributed by atoms with van der Waals surface area (Å²) in [6, 6.07) is 7.23. The Morgan fingerprint density at radius 3 is 2.38 bits per heavy atom. The summed E-state index contributed by atoms with van der Waals surface area (Å²) >= 11 is 1.51. The Hall–Kier alpha value is -1.76. The van der Waals surface area contributed by atoms with E-state index in [1.54, 1.807) is 6.33 Å². The van der Waals surface area contributed by atoms with Crippen LogP contribution in [0, 0.1) is 0 Å². The zero-order chi connectivity index (χ0) is 17.0. The maximum Gasteiger partial charge on any atom is 0.416 e. The van der Waals surface area contributed by atoms with E-state index in [0.29, 0.717) is 5.75 Å². The summed E-state index contributed by atoms with van der Waals surface area (Å²) in [5.41, 5.74) is 0.219. The molecule has 0 N–H and O–H groups in total. The average Bonchev–Trinajstić information content (AvgIpc) is 2.61. The number of thioether (sulfide) groups is 1. The van der Waals surface area contributed by atoms with Gasteiger partial charge >= 0.3 is 6.18 Å². The molecule has 0 amide bonds. The number of alkyl halides is 3. The van der Waals surface area contributed by atoms with Crippen molar-refractivity contribution >= 4 is 17.6 Å². The van der Waals surface area contributed by atoms with E-state index < -0.39 is 11.7 Å². The monoisotopic (exact) mass is 353 g/mol. The van der Waals surface area contributed by atoms with Crippen molar-refractivity contribution in [1.82, 2.24) is 9.97 Å². The predicted molar refractivity (Wildman–Crippen MR) is 89.1 cm³/mol. The molecule has 0 atom stereocenters. The van der Waals surface area contributed by atoms with Crippen molar-refractivity contribution in [2.45, 2.75) is 36.2 Å². The summed E-state index contributed by atoms with van der Waals surface area (Å²) < 4.78 is 37.7. The zero-order valence-corrected chi connectivity index (χ0v) is 13.9. The second-order valence-electron chi connectivity index (χ2n) is 5.75. The standard InChI is InChI=1S/C17H18F3N3S/c18-17(19,20)14-6-4-13(5-7-14)11-24-16-10-15(21-12-22-16)23-8-2-1-3-9-23/h4-7,10,12H,1-3,8-9,11H2. The number of benzene rings is 1. The second kappa shape index (κ2) is 7.42. The maximum atomic E-state index is 12.6. The smallest absolute Gasteiger partial charge is 0.356 e. The van der Waals surface area contributed by atoms with Crippen LogP contribution in [0.3, 0.4) is 0 Å². The van der Waals surface area contributed by atoms with Crippen LogP contribution in [0.2, 0.25) is 0 Å². The van der Waals surface area contributed by atoms with Gasteiger partial charge in [0.2, 0.25) is 0 Å². The molecular weight excluding hydrogens is 335 g/mol. The Labute approximate surface area is 143 Å². The first-order valence-electron chi connectivity index (χ1n) is 7.88. The van der Waals surface area contributed by atoms with E-state index >= 15 is 0 Å². The molecule has 2 aromatic rings. The van der Waals surface area contributed by atoms with Crippen LogP contribution < -0.4 is 4.90 Å². The molecule has 1 aliphatic rings. The van der Waals surface area contributed by atoms with Gasteiger partial charge in [0.15, 0.2) is 0 Å². The largest absolute Gasteiger partial charge is 0.416 e. The molecule has 0 bridgehead atoms. The molecule has 128 valence electrons. The number of nitrogens with zero attached hydrogens (tertiary/aromatic N) is 3. The Morgan fingerprint density at radius 2 is 1.71 bits per heavy atom. The third-order valence-electron chi connectivity index (χ3n) is 3.98. The topological polar surface area (TPSA) is 29.0 Å². The molecule has 1 aliphatic heterocycles. The van der Waals surface area contributed by atoms with Gasteiger partial charge in [-0.3, -0.25) is 0 Å². The predicted octanol–water partition coefficient (Wildman–Crippen LogP) is 4.78.